The third-order valence-electron chi connectivity index (χ3n) is 2.19. The van der Waals surface area contributed by atoms with Crippen LogP contribution in [0.4, 0.5) is 0 Å². The molecule has 2 nitrogen and oxygen atoms in total. The maximum atomic E-state index is 9.57. The first kappa shape index (κ1) is 7.03. The summed E-state index contributed by atoms with van der Waals surface area (Å²) in [6.45, 7) is 6.00. The smallest absolute Gasteiger partial charge is 0.0784 e. The van der Waals surface area contributed by atoms with Gasteiger partial charge in [-0.3, -0.25) is 0 Å². The molecule has 0 aromatic rings. The van der Waals surface area contributed by atoms with E-state index < -0.39 is 5.60 Å². The number of hydrogen-bond donors (Lipinski definition) is 2. The zero-order chi connectivity index (χ0) is 7.07. The molecule has 0 spiro atoms. The molecule has 2 N–H and O–H groups in total. The third kappa shape index (κ3) is 1.25. The molecule has 0 bridgehead atoms. The largest absolute Gasteiger partial charge is 0.389 e. The first-order valence-electron chi connectivity index (χ1n) is 3.51. The predicted octanol–water partition coefficient (Wildman–Crippen LogP) is 0.508. The molecule has 1 aliphatic rings. The van der Waals surface area contributed by atoms with E-state index in [0.29, 0.717) is 6.04 Å². The summed E-state index contributed by atoms with van der Waals surface area (Å²) < 4.78 is 0. The van der Waals surface area contributed by atoms with Crippen molar-refractivity contribution < 1.29 is 5.11 Å². The van der Waals surface area contributed by atoms with Crippen LogP contribution in [0.1, 0.15) is 27.2 Å². The van der Waals surface area contributed by atoms with Gasteiger partial charge in [-0.15, -0.1) is 0 Å². The fraction of sp³-hybridized carbons (Fsp3) is 1.00. The molecule has 2 heteroatoms. The zero-order valence-electron chi connectivity index (χ0n) is 6.31. The Hall–Kier alpha value is -0.0800. The summed E-state index contributed by atoms with van der Waals surface area (Å²) in [6, 6.07) is 0.711. The van der Waals surface area contributed by atoms with Gasteiger partial charge < -0.3 is 10.4 Å². The molecule has 9 heavy (non-hydrogen) atoms. The Morgan fingerprint density at radius 3 is 2.22 bits per heavy atom. The van der Waals surface area contributed by atoms with Crippen LogP contribution < -0.4 is 5.32 Å². The van der Waals surface area contributed by atoms with Gasteiger partial charge in [0.05, 0.1) is 5.60 Å². The van der Waals surface area contributed by atoms with Crippen LogP contribution in [0.25, 0.3) is 0 Å². The summed E-state index contributed by atoms with van der Waals surface area (Å²) in [7, 11) is 0. The number of aliphatic hydroxyl groups is 1. The lowest BCUT2D eigenvalue weighted by Gasteiger charge is -2.20. The summed E-state index contributed by atoms with van der Waals surface area (Å²) in [6.07, 6.45) is 0.869. The van der Waals surface area contributed by atoms with E-state index in [9.17, 15) is 5.11 Å². The van der Waals surface area contributed by atoms with Gasteiger partial charge in [0.2, 0.25) is 0 Å². The van der Waals surface area contributed by atoms with Crippen molar-refractivity contribution in [3.05, 3.63) is 0 Å². The van der Waals surface area contributed by atoms with Crippen molar-refractivity contribution in [3.8, 4) is 0 Å². The Morgan fingerprint density at radius 2 is 2.11 bits per heavy atom. The van der Waals surface area contributed by atoms with Gasteiger partial charge in [-0.1, -0.05) is 0 Å². The number of hydrogen-bond acceptors (Lipinski definition) is 2. The second-order valence-corrected chi connectivity index (χ2v) is 3.35. The average molecular weight is 129 g/mol. The quantitative estimate of drug-likeness (QED) is 0.499. The Bertz CT molecular complexity index is 111. The molecule has 1 heterocycles. The molecule has 0 radical (unpaired) electrons. The van der Waals surface area contributed by atoms with Crippen molar-refractivity contribution in [1.82, 2.24) is 5.32 Å². The highest BCUT2D eigenvalue weighted by molar-refractivity contribution is 4.95. The fourth-order valence-corrected chi connectivity index (χ4v) is 1.46. The maximum absolute atomic E-state index is 9.57. The first-order chi connectivity index (χ1) is 4.02. The van der Waals surface area contributed by atoms with E-state index in [0.717, 1.165) is 6.42 Å². The highest BCUT2D eigenvalue weighted by Crippen LogP contribution is 2.23. The van der Waals surface area contributed by atoms with Crippen LogP contribution >= 0.6 is 0 Å². The fourth-order valence-electron chi connectivity index (χ4n) is 1.46. The topological polar surface area (TPSA) is 32.3 Å². The second-order valence-electron chi connectivity index (χ2n) is 3.35. The highest BCUT2D eigenvalue weighted by Gasteiger charge is 2.36. The molecule has 54 valence electrons. The number of nitrogens with one attached hydrogen (secondary N) is 1. The zero-order valence-corrected chi connectivity index (χ0v) is 6.31. The van der Waals surface area contributed by atoms with Crippen LogP contribution in [0.5, 0.6) is 0 Å². The van der Waals surface area contributed by atoms with E-state index in [2.05, 4.69) is 12.2 Å². The highest BCUT2D eigenvalue weighted by atomic mass is 16.3. The monoisotopic (exact) mass is 129 g/mol. The first-order valence-corrected chi connectivity index (χ1v) is 3.51. The van der Waals surface area contributed by atoms with E-state index in [-0.39, 0.29) is 6.04 Å². The molecule has 1 saturated heterocycles. The van der Waals surface area contributed by atoms with E-state index in [1.807, 2.05) is 13.8 Å². The van der Waals surface area contributed by atoms with E-state index in [1.165, 1.54) is 0 Å². The Morgan fingerprint density at radius 1 is 1.56 bits per heavy atom. The van der Waals surface area contributed by atoms with Crippen LogP contribution in [0.2, 0.25) is 0 Å². The van der Waals surface area contributed by atoms with Crippen LogP contribution in [-0.2, 0) is 0 Å². The van der Waals surface area contributed by atoms with Crippen molar-refractivity contribution in [2.75, 3.05) is 0 Å². The molecule has 1 aliphatic heterocycles. The lowest BCUT2D eigenvalue weighted by Crippen LogP contribution is -2.37. The molecule has 3 atom stereocenters. The summed E-state index contributed by atoms with van der Waals surface area (Å²) in [5.74, 6) is 0. The second kappa shape index (κ2) is 1.96. The van der Waals surface area contributed by atoms with Gasteiger partial charge in [0.25, 0.3) is 0 Å². The Balaban J connectivity index is 2.58. The molecular formula is C7H15NO. The van der Waals surface area contributed by atoms with Crippen LogP contribution in [0, 0.1) is 0 Å². The average Bonchev–Trinajstić information content (AvgIpc) is 1.79. The maximum Gasteiger partial charge on any atom is 0.0784 e. The standard InChI is InChI=1S/C7H15NO/c1-5-4-7(3,9)6(2)8-5/h5-6,8-9H,4H2,1-3H3/t5-,6+,7+/m1/s1. The minimum atomic E-state index is -0.487. The van der Waals surface area contributed by atoms with E-state index >= 15 is 0 Å². The molecule has 1 fully saturated rings. The summed E-state index contributed by atoms with van der Waals surface area (Å²) in [4.78, 5) is 0. The van der Waals surface area contributed by atoms with Crippen molar-refractivity contribution >= 4 is 0 Å². The van der Waals surface area contributed by atoms with E-state index in [4.69, 9.17) is 0 Å². The van der Waals surface area contributed by atoms with Gasteiger partial charge in [0.15, 0.2) is 0 Å². The van der Waals surface area contributed by atoms with E-state index in [1.54, 1.807) is 0 Å². The van der Waals surface area contributed by atoms with Crippen LogP contribution in [0.3, 0.4) is 0 Å². The molecule has 0 saturated carbocycles. The molecule has 0 aliphatic carbocycles. The Kier molecular flexibility index (Phi) is 1.53. The summed E-state index contributed by atoms with van der Waals surface area (Å²) in [5, 5.41) is 12.8. The van der Waals surface area contributed by atoms with Crippen molar-refractivity contribution in [3.63, 3.8) is 0 Å². The lowest BCUT2D eigenvalue weighted by atomic mass is 9.98. The Labute approximate surface area is 56.3 Å². The lowest BCUT2D eigenvalue weighted by molar-refractivity contribution is 0.0516. The third-order valence-corrected chi connectivity index (χ3v) is 2.19. The number of rotatable bonds is 0. The van der Waals surface area contributed by atoms with Gasteiger partial charge in [-0.05, 0) is 27.2 Å². The molecule has 1 rings (SSSR count). The van der Waals surface area contributed by atoms with Crippen molar-refractivity contribution in [1.29, 1.82) is 0 Å². The summed E-state index contributed by atoms with van der Waals surface area (Å²) >= 11 is 0. The van der Waals surface area contributed by atoms with Crippen LogP contribution in [0.15, 0.2) is 0 Å². The molecular weight excluding hydrogens is 114 g/mol. The molecule has 0 amide bonds. The van der Waals surface area contributed by atoms with Gasteiger partial charge in [0.1, 0.15) is 0 Å². The molecule has 0 unspecified atom stereocenters. The normalized spacial score (nSPS) is 52.0. The van der Waals surface area contributed by atoms with Crippen molar-refractivity contribution in [2.45, 2.75) is 44.9 Å². The van der Waals surface area contributed by atoms with Crippen molar-refractivity contribution in [2.24, 2.45) is 0 Å². The minimum Gasteiger partial charge on any atom is -0.389 e. The molecule has 0 aromatic heterocycles. The molecule has 0 aromatic carbocycles. The predicted molar refractivity (Wildman–Crippen MR) is 37.3 cm³/mol. The summed E-state index contributed by atoms with van der Waals surface area (Å²) in [5.41, 5.74) is -0.487. The van der Waals surface area contributed by atoms with Gasteiger partial charge >= 0.3 is 0 Å². The van der Waals surface area contributed by atoms with Gasteiger partial charge in [-0.25, -0.2) is 0 Å². The SMILES string of the molecule is C[C@@H]1C[C@](C)(O)[C@H](C)N1. The minimum absolute atomic E-state index is 0.243. The van der Waals surface area contributed by atoms with Crippen LogP contribution in [-0.4, -0.2) is 22.8 Å². The van der Waals surface area contributed by atoms with Gasteiger partial charge in [0, 0.05) is 12.1 Å². The van der Waals surface area contributed by atoms with Gasteiger partial charge in [-0.2, -0.15) is 0 Å².